The molecule has 1 aliphatic rings. The molecule has 0 spiro atoms. The van der Waals surface area contributed by atoms with E-state index in [0.29, 0.717) is 0 Å². The molecule has 1 saturated heterocycles. The van der Waals surface area contributed by atoms with Crippen LogP contribution in [0.15, 0.2) is 24.3 Å². The lowest BCUT2D eigenvalue weighted by molar-refractivity contribution is -0.384. The number of benzene rings is 1. The Morgan fingerprint density at radius 3 is 2.73 bits per heavy atom. The number of ether oxygens (including phenoxy) is 1. The van der Waals surface area contributed by atoms with E-state index in [1.54, 1.807) is 6.07 Å². The van der Waals surface area contributed by atoms with Crippen molar-refractivity contribution in [2.24, 2.45) is 0 Å². The molecule has 0 aliphatic carbocycles. The molecule has 2 unspecified atom stereocenters. The second-order valence-corrected chi connectivity index (χ2v) is 4.55. The molecule has 22 heavy (non-hydrogen) atoms. The smallest absolute Gasteiger partial charge is 0.337 e. The molecule has 1 aliphatic heterocycles. The van der Waals surface area contributed by atoms with Gasteiger partial charge in [-0.15, -0.1) is 0 Å². The Balaban J connectivity index is 2.40. The maximum absolute atomic E-state index is 12.0. The summed E-state index contributed by atoms with van der Waals surface area (Å²) in [6.07, 6.45) is -0.953. The van der Waals surface area contributed by atoms with Crippen LogP contribution in [0.1, 0.15) is 6.42 Å². The quantitative estimate of drug-likeness (QED) is 0.486. The number of nitro groups is 1. The third-order valence-corrected chi connectivity index (χ3v) is 3.29. The summed E-state index contributed by atoms with van der Waals surface area (Å²) in [6, 6.07) is 4.97. The molecular formula is C13H15N3O6. The molecule has 9 heteroatoms. The van der Waals surface area contributed by atoms with Crippen molar-refractivity contribution >= 4 is 23.3 Å². The highest BCUT2D eigenvalue weighted by Gasteiger charge is 2.44. The van der Waals surface area contributed by atoms with E-state index >= 15 is 0 Å². The average Bonchev–Trinajstić information content (AvgIpc) is 2.98. The van der Waals surface area contributed by atoms with Gasteiger partial charge in [-0.25, -0.2) is 9.86 Å². The highest BCUT2D eigenvalue weighted by Crippen LogP contribution is 2.35. The number of nitrogens with zero attached hydrogens (tertiary/aromatic N) is 2. The van der Waals surface area contributed by atoms with E-state index in [4.69, 9.17) is 4.84 Å². The zero-order valence-corrected chi connectivity index (χ0v) is 12.0. The van der Waals surface area contributed by atoms with E-state index in [9.17, 15) is 19.7 Å². The van der Waals surface area contributed by atoms with E-state index in [0.717, 1.165) is 5.06 Å². The van der Waals surface area contributed by atoms with Gasteiger partial charge in [0.25, 0.3) is 5.69 Å². The Labute approximate surface area is 125 Å². The number of likely N-dealkylation sites (N-methyl/N-ethyl adjacent to an activating group) is 1. The first kappa shape index (κ1) is 15.7. The molecule has 1 amide bonds. The number of hydrogen-bond donors (Lipinski definition) is 1. The standard InChI is InChI=1S/C13H15N3O6/c1-14-12(17)10-7-11(13(18)21-2)22-15(10)8-5-3-4-6-9(8)16(19)20/h3-6,10-11H,7H2,1-2H3,(H,14,17). The van der Waals surface area contributed by atoms with Crippen LogP contribution in [0.2, 0.25) is 0 Å². The normalized spacial score (nSPS) is 20.5. The second kappa shape index (κ2) is 6.39. The van der Waals surface area contributed by atoms with Crippen molar-refractivity contribution in [1.29, 1.82) is 0 Å². The van der Waals surface area contributed by atoms with Crippen LogP contribution in [0.4, 0.5) is 11.4 Å². The predicted molar refractivity (Wildman–Crippen MR) is 74.9 cm³/mol. The van der Waals surface area contributed by atoms with E-state index < -0.39 is 28.9 Å². The molecule has 1 aromatic rings. The Kier molecular flexibility index (Phi) is 4.56. The van der Waals surface area contributed by atoms with Crippen LogP contribution < -0.4 is 10.4 Å². The predicted octanol–water partition coefficient (Wildman–Crippen LogP) is 0.393. The number of hydroxylamine groups is 1. The number of para-hydroxylation sites is 2. The molecule has 0 aromatic heterocycles. The Morgan fingerprint density at radius 1 is 1.45 bits per heavy atom. The van der Waals surface area contributed by atoms with Crippen molar-refractivity contribution in [3.05, 3.63) is 34.4 Å². The summed E-state index contributed by atoms with van der Waals surface area (Å²) in [7, 11) is 2.64. The fourth-order valence-corrected chi connectivity index (χ4v) is 2.23. The monoisotopic (exact) mass is 309 g/mol. The van der Waals surface area contributed by atoms with Gasteiger partial charge < -0.3 is 10.1 Å². The van der Waals surface area contributed by atoms with E-state index in [2.05, 4.69) is 10.1 Å². The summed E-state index contributed by atoms with van der Waals surface area (Å²) in [5.74, 6) is -1.06. The number of carbonyl (C=O) groups excluding carboxylic acids is 2. The SMILES string of the molecule is CNC(=O)C1CC(C(=O)OC)ON1c1ccccc1[N+](=O)[O-]. The molecular weight excluding hydrogens is 294 g/mol. The largest absolute Gasteiger partial charge is 0.467 e. The van der Waals surface area contributed by atoms with Gasteiger partial charge in [-0.05, 0) is 6.07 Å². The molecule has 1 aromatic carbocycles. The number of hydrogen-bond acceptors (Lipinski definition) is 7. The molecule has 2 atom stereocenters. The molecule has 118 valence electrons. The summed E-state index contributed by atoms with van der Waals surface area (Å²) < 4.78 is 4.60. The van der Waals surface area contributed by atoms with Gasteiger partial charge in [-0.2, -0.15) is 0 Å². The molecule has 2 rings (SSSR count). The number of esters is 1. The number of nitro benzene ring substituents is 1. The van der Waals surface area contributed by atoms with Crippen molar-refractivity contribution in [3.8, 4) is 0 Å². The molecule has 0 saturated carbocycles. The summed E-state index contributed by atoms with van der Waals surface area (Å²) >= 11 is 0. The lowest BCUT2D eigenvalue weighted by atomic mass is 10.1. The maximum atomic E-state index is 12.0. The molecule has 1 N–H and O–H groups in total. The van der Waals surface area contributed by atoms with Gasteiger partial charge in [-0.1, -0.05) is 12.1 Å². The van der Waals surface area contributed by atoms with Gasteiger partial charge >= 0.3 is 5.97 Å². The van der Waals surface area contributed by atoms with Crippen LogP contribution >= 0.6 is 0 Å². The fraction of sp³-hybridized carbons (Fsp3) is 0.385. The van der Waals surface area contributed by atoms with Crippen LogP contribution in [-0.4, -0.2) is 43.1 Å². The highest BCUT2D eigenvalue weighted by atomic mass is 16.7. The van der Waals surface area contributed by atoms with Crippen molar-refractivity contribution < 1.29 is 24.1 Å². The van der Waals surface area contributed by atoms with E-state index in [-0.39, 0.29) is 17.8 Å². The fourth-order valence-electron chi connectivity index (χ4n) is 2.23. The lowest BCUT2D eigenvalue weighted by Gasteiger charge is -2.22. The minimum Gasteiger partial charge on any atom is -0.467 e. The minimum absolute atomic E-state index is 0.0401. The van der Waals surface area contributed by atoms with Crippen molar-refractivity contribution in [2.75, 3.05) is 19.2 Å². The Hall–Kier alpha value is -2.68. The van der Waals surface area contributed by atoms with Crippen molar-refractivity contribution in [3.63, 3.8) is 0 Å². The number of amides is 1. The Bertz CT molecular complexity index is 605. The zero-order chi connectivity index (χ0) is 16.3. The topological polar surface area (TPSA) is 111 Å². The van der Waals surface area contributed by atoms with E-state index in [1.807, 2.05) is 0 Å². The second-order valence-electron chi connectivity index (χ2n) is 4.55. The molecule has 0 bridgehead atoms. The number of nitrogens with one attached hydrogen (secondary N) is 1. The third kappa shape index (κ3) is 2.84. The van der Waals surface area contributed by atoms with Gasteiger partial charge in [0.05, 0.1) is 12.0 Å². The first-order chi connectivity index (χ1) is 10.5. The van der Waals surface area contributed by atoms with Gasteiger partial charge in [0.1, 0.15) is 11.7 Å². The summed E-state index contributed by atoms with van der Waals surface area (Å²) in [4.78, 5) is 39.6. The average molecular weight is 309 g/mol. The van der Waals surface area contributed by atoms with Crippen LogP contribution in [0.5, 0.6) is 0 Å². The van der Waals surface area contributed by atoms with Gasteiger partial charge in [0, 0.05) is 19.5 Å². The van der Waals surface area contributed by atoms with Crippen molar-refractivity contribution in [2.45, 2.75) is 18.6 Å². The van der Waals surface area contributed by atoms with Crippen LogP contribution in [0.25, 0.3) is 0 Å². The van der Waals surface area contributed by atoms with E-state index in [1.165, 1.54) is 32.4 Å². The number of carbonyl (C=O) groups is 2. The summed E-state index contributed by atoms with van der Waals surface area (Å²) in [5.41, 5.74) is -0.116. The first-order valence-electron chi connectivity index (χ1n) is 6.48. The van der Waals surface area contributed by atoms with Crippen LogP contribution in [0, 0.1) is 10.1 Å². The minimum atomic E-state index is -0.993. The summed E-state index contributed by atoms with van der Waals surface area (Å²) in [6.45, 7) is 0. The molecule has 1 heterocycles. The summed E-state index contributed by atoms with van der Waals surface area (Å²) in [5, 5.41) is 14.7. The first-order valence-corrected chi connectivity index (χ1v) is 6.48. The van der Waals surface area contributed by atoms with Crippen molar-refractivity contribution in [1.82, 2.24) is 5.32 Å². The zero-order valence-electron chi connectivity index (χ0n) is 12.0. The number of methoxy groups -OCH3 is 1. The highest BCUT2D eigenvalue weighted by molar-refractivity contribution is 5.88. The van der Waals surface area contributed by atoms with Gasteiger partial charge in [0.15, 0.2) is 6.10 Å². The number of anilines is 1. The maximum Gasteiger partial charge on any atom is 0.337 e. The third-order valence-electron chi connectivity index (χ3n) is 3.29. The molecule has 0 radical (unpaired) electrons. The lowest BCUT2D eigenvalue weighted by Crippen LogP contribution is -2.41. The molecule has 9 nitrogen and oxygen atoms in total. The number of rotatable bonds is 4. The van der Waals surface area contributed by atoms with Gasteiger partial charge in [-0.3, -0.25) is 19.7 Å². The molecule has 1 fully saturated rings. The van der Waals surface area contributed by atoms with Gasteiger partial charge in [0.2, 0.25) is 5.91 Å². The Morgan fingerprint density at radius 2 is 2.14 bits per heavy atom. The van der Waals surface area contributed by atoms with Crippen LogP contribution in [0.3, 0.4) is 0 Å². The van der Waals surface area contributed by atoms with Crippen LogP contribution in [-0.2, 0) is 19.2 Å².